The monoisotopic (exact) mass is 266 g/mol. The lowest BCUT2D eigenvalue weighted by molar-refractivity contribution is -0.131. The minimum Gasteiger partial charge on any atom is -0.326 e. The molecule has 1 N–H and O–H groups in total. The van der Waals surface area contributed by atoms with Crippen molar-refractivity contribution in [2.24, 2.45) is 11.8 Å². The topological polar surface area (TPSA) is 32.3 Å². The van der Waals surface area contributed by atoms with E-state index in [1.807, 2.05) is 0 Å². The molecule has 3 heteroatoms. The van der Waals surface area contributed by atoms with Crippen molar-refractivity contribution < 1.29 is 4.79 Å². The van der Waals surface area contributed by atoms with Gasteiger partial charge in [0.1, 0.15) is 0 Å². The summed E-state index contributed by atoms with van der Waals surface area (Å²) in [5.74, 6) is 1.85. The van der Waals surface area contributed by atoms with E-state index < -0.39 is 0 Å². The van der Waals surface area contributed by atoms with Gasteiger partial charge in [0.05, 0.1) is 12.2 Å². The van der Waals surface area contributed by atoms with E-state index in [0.717, 1.165) is 31.7 Å². The molecule has 0 radical (unpaired) electrons. The zero-order valence-corrected chi connectivity index (χ0v) is 12.8. The first kappa shape index (κ1) is 14.8. The maximum Gasteiger partial charge on any atom is 0.241 e. The van der Waals surface area contributed by atoms with Gasteiger partial charge in [-0.25, -0.2) is 0 Å². The quantitative estimate of drug-likeness (QED) is 0.829. The van der Waals surface area contributed by atoms with E-state index in [1.165, 1.54) is 25.7 Å². The summed E-state index contributed by atoms with van der Waals surface area (Å²) in [5.41, 5.74) is 0. The molecule has 1 saturated heterocycles. The largest absolute Gasteiger partial charge is 0.326 e. The number of nitrogens with zero attached hydrogens (tertiary/aromatic N) is 1. The summed E-state index contributed by atoms with van der Waals surface area (Å²) in [6.07, 6.45) is 8.72. The molecule has 2 aliphatic rings. The van der Waals surface area contributed by atoms with Crippen molar-refractivity contribution in [2.75, 3.05) is 6.54 Å². The van der Waals surface area contributed by atoms with E-state index in [9.17, 15) is 4.79 Å². The minimum atomic E-state index is 0.0776. The zero-order valence-electron chi connectivity index (χ0n) is 12.8. The SMILES string of the molecule is CCCC1NC(CC)N(CC2CCCCC2C)C1=O. The molecule has 1 heterocycles. The van der Waals surface area contributed by atoms with Crippen LogP contribution < -0.4 is 5.32 Å². The fourth-order valence-corrected chi connectivity index (χ4v) is 3.72. The summed E-state index contributed by atoms with van der Waals surface area (Å²) in [4.78, 5) is 14.7. The Bertz CT molecular complexity index is 305. The Morgan fingerprint density at radius 2 is 2.00 bits per heavy atom. The van der Waals surface area contributed by atoms with Crippen LogP contribution in [0.15, 0.2) is 0 Å². The lowest BCUT2D eigenvalue weighted by Crippen LogP contribution is -2.41. The summed E-state index contributed by atoms with van der Waals surface area (Å²) < 4.78 is 0. The molecule has 110 valence electrons. The third-order valence-electron chi connectivity index (χ3n) is 5.04. The average molecular weight is 266 g/mol. The highest BCUT2D eigenvalue weighted by atomic mass is 16.2. The number of hydrogen-bond donors (Lipinski definition) is 1. The summed E-state index contributed by atoms with van der Waals surface area (Å²) >= 11 is 0. The second-order valence-corrected chi connectivity index (χ2v) is 6.44. The van der Waals surface area contributed by atoms with Crippen LogP contribution in [-0.2, 0) is 4.79 Å². The molecule has 1 amide bonds. The number of carbonyl (C=O) groups is 1. The van der Waals surface area contributed by atoms with Crippen LogP contribution in [0.2, 0.25) is 0 Å². The summed E-state index contributed by atoms with van der Waals surface area (Å²) in [5, 5.41) is 3.52. The first-order chi connectivity index (χ1) is 9.17. The van der Waals surface area contributed by atoms with Crippen molar-refractivity contribution >= 4 is 5.91 Å². The van der Waals surface area contributed by atoms with Crippen molar-refractivity contribution in [1.82, 2.24) is 10.2 Å². The third-order valence-corrected chi connectivity index (χ3v) is 5.04. The van der Waals surface area contributed by atoms with Crippen LogP contribution in [0.5, 0.6) is 0 Å². The van der Waals surface area contributed by atoms with E-state index in [1.54, 1.807) is 0 Å². The Hall–Kier alpha value is -0.570. The van der Waals surface area contributed by atoms with Crippen molar-refractivity contribution in [3.8, 4) is 0 Å². The number of rotatable bonds is 5. The fourth-order valence-electron chi connectivity index (χ4n) is 3.72. The standard InChI is InChI=1S/C16H30N2O/c1-4-8-14-16(19)18(15(5-2)17-14)11-13-10-7-6-9-12(13)3/h12-15,17H,4-11H2,1-3H3. The van der Waals surface area contributed by atoms with Crippen LogP contribution in [-0.4, -0.2) is 29.6 Å². The summed E-state index contributed by atoms with van der Waals surface area (Å²) in [6.45, 7) is 7.67. The second kappa shape index (κ2) is 6.74. The van der Waals surface area contributed by atoms with Crippen LogP contribution in [0, 0.1) is 11.8 Å². The summed E-state index contributed by atoms with van der Waals surface area (Å²) in [6, 6.07) is 0.0776. The van der Waals surface area contributed by atoms with Gasteiger partial charge in [0.15, 0.2) is 0 Å². The van der Waals surface area contributed by atoms with Gasteiger partial charge >= 0.3 is 0 Å². The number of nitrogens with one attached hydrogen (secondary N) is 1. The lowest BCUT2D eigenvalue weighted by atomic mass is 9.80. The van der Waals surface area contributed by atoms with Gasteiger partial charge < -0.3 is 4.90 Å². The fraction of sp³-hybridized carbons (Fsp3) is 0.938. The van der Waals surface area contributed by atoms with E-state index in [2.05, 4.69) is 31.0 Å². The summed E-state index contributed by atoms with van der Waals surface area (Å²) in [7, 11) is 0. The molecule has 0 aromatic rings. The van der Waals surface area contributed by atoms with Crippen LogP contribution in [0.1, 0.15) is 65.7 Å². The first-order valence-electron chi connectivity index (χ1n) is 8.23. The predicted octanol–water partition coefficient (Wildman–Crippen LogP) is 3.15. The number of hydrogen-bond acceptors (Lipinski definition) is 2. The molecule has 0 aromatic carbocycles. The Kier molecular flexibility index (Phi) is 5.26. The van der Waals surface area contributed by atoms with E-state index in [-0.39, 0.29) is 12.2 Å². The van der Waals surface area contributed by atoms with Gasteiger partial charge in [-0.2, -0.15) is 0 Å². The molecule has 19 heavy (non-hydrogen) atoms. The van der Waals surface area contributed by atoms with Crippen molar-refractivity contribution in [2.45, 2.75) is 77.9 Å². The smallest absolute Gasteiger partial charge is 0.241 e. The molecule has 2 fully saturated rings. The molecule has 1 saturated carbocycles. The maximum atomic E-state index is 12.5. The van der Waals surface area contributed by atoms with Gasteiger partial charge in [-0.15, -0.1) is 0 Å². The highest BCUT2D eigenvalue weighted by Gasteiger charge is 2.38. The first-order valence-corrected chi connectivity index (χ1v) is 8.23. The Morgan fingerprint density at radius 1 is 1.26 bits per heavy atom. The Labute approximate surface area is 118 Å². The minimum absolute atomic E-state index is 0.0776. The Morgan fingerprint density at radius 3 is 2.63 bits per heavy atom. The highest BCUT2D eigenvalue weighted by molar-refractivity contribution is 5.84. The zero-order chi connectivity index (χ0) is 13.8. The van der Waals surface area contributed by atoms with Crippen LogP contribution >= 0.6 is 0 Å². The molecule has 0 spiro atoms. The third kappa shape index (κ3) is 3.31. The number of amides is 1. The predicted molar refractivity (Wildman–Crippen MR) is 78.7 cm³/mol. The van der Waals surface area contributed by atoms with E-state index >= 15 is 0 Å². The van der Waals surface area contributed by atoms with Crippen molar-refractivity contribution in [1.29, 1.82) is 0 Å². The van der Waals surface area contributed by atoms with Crippen LogP contribution in [0.25, 0.3) is 0 Å². The van der Waals surface area contributed by atoms with Gasteiger partial charge in [-0.3, -0.25) is 10.1 Å². The Balaban J connectivity index is 1.98. The molecule has 1 aliphatic heterocycles. The molecule has 2 rings (SSSR count). The average Bonchev–Trinajstić information content (AvgIpc) is 2.70. The molecule has 4 atom stereocenters. The second-order valence-electron chi connectivity index (χ2n) is 6.44. The molecular weight excluding hydrogens is 236 g/mol. The van der Waals surface area contributed by atoms with E-state index in [0.29, 0.717) is 11.8 Å². The lowest BCUT2D eigenvalue weighted by Gasteiger charge is -2.34. The highest BCUT2D eigenvalue weighted by Crippen LogP contribution is 2.31. The molecule has 0 bridgehead atoms. The van der Waals surface area contributed by atoms with E-state index in [4.69, 9.17) is 0 Å². The van der Waals surface area contributed by atoms with Gasteiger partial charge in [0.25, 0.3) is 0 Å². The van der Waals surface area contributed by atoms with Gasteiger partial charge in [0.2, 0.25) is 5.91 Å². The molecule has 4 unspecified atom stereocenters. The van der Waals surface area contributed by atoms with Gasteiger partial charge in [0, 0.05) is 6.54 Å². The molecule has 1 aliphatic carbocycles. The molecule has 3 nitrogen and oxygen atoms in total. The van der Waals surface area contributed by atoms with Gasteiger partial charge in [-0.1, -0.05) is 46.5 Å². The normalized spacial score (nSPS) is 35.9. The maximum absolute atomic E-state index is 12.5. The van der Waals surface area contributed by atoms with Crippen LogP contribution in [0.4, 0.5) is 0 Å². The van der Waals surface area contributed by atoms with Gasteiger partial charge in [-0.05, 0) is 31.1 Å². The van der Waals surface area contributed by atoms with Crippen molar-refractivity contribution in [3.05, 3.63) is 0 Å². The van der Waals surface area contributed by atoms with Crippen molar-refractivity contribution in [3.63, 3.8) is 0 Å². The molecule has 0 aromatic heterocycles. The van der Waals surface area contributed by atoms with Crippen LogP contribution in [0.3, 0.4) is 0 Å². The number of carbonyl (C=O) groups excluding carboxylic acids is 1. The molecular formula is C16H30N2O.